The van der Waals surface area contributed by atoms with Gasteiger partial charge in [-0.05, 0) is 74.6 Å². The van der Waals surface area contributed by atoms with Gasteiger partial charge >= 0.3 is 0 Å². The molecule has 1 aromatic carbocycles. The van der Waals surface area contributed by atoms with Crippen LogP contribution in [0.2, 0.25) is 0 Å². The zero-order chi connectivity index (χ0) is 25.5. The number of carbonyl (C=O) groups is 2. The Balaban J connectivity index is 1.32. The third-order valence-electron chi connectivity index (χ3n) is 6.98. The highest BCUT2D eigenvalue weighted by atomic mass is 32.2. The van der Waals surface area contributed by atoms with E-state index in [9.17, 15) is 14.4 Å². The lowest BCUT2D eigenvalue weighted by Crippen LogP contribution is -2.23. The third kappa shape index (κ3) is 4.51. The van der Waals surface area contributed by atoms with E-state index in [1.54, 1.807) is 15.9 Å². The SMILES string of the molecule is NC(=O)c1c(NC(=O)CSc2nc3sc4c(c3c(=O)n2-c2ccccc2)CCCC4)sc2c1CCCC2. The van der Waals surface area contributed by atoms with Crippen molar-refractivity contribution in [3.63, 3.8) is 0 Å². The number of para-hydroxylation sites is 1. The van der Waals surface area contributed by atoms with Crippen LogP contribution in [0.3, 0.4) is 0 Å². The number of nitrogens with two attached hydrogens (primary N) is 1. The Labute approximate surface area is 226 Å². The Morgan fingerprint density at radius 2 is 1.65 bits per heavy atom. The minimum absolute atomic E-state index is 0.0522. The van der Waals surface area contributed by atoms with E-state index < -0.39 is 5.91 Å². The van der Waals surface area contributed by atoms with Crippen LogP contribution in [0.5, 0.6) is 0 Å². The van der Waals surface area contributed by atoms with E-state index in [-0.39, 0.29) is 17.2 Å². The molecule has 0 radical (unpaired) electrons. The molecule has 2 aliphatic rings. The summed E-state index contributed by atoms with van der Waals surface area (Å²) >= 11 is 4.28. The lowest BCUT2D eigenvalue weighted by atomic mass is 9.95. The molecule has 0 saturated carbocycles. The van der Waals surface area contributed by atoms with Gasteiger partial charge in [0.1, 0.15) is 9.83 Å². The number of thioether (sulfide) groups is 1. The van der Waals surface area contributed by atoms with Gasteiger partial charge in [0.15, 0.2) is 5.16 Å². The summed E-state index contributed by atoms with van der Waals surface area (Å²) in [6, 6.07) is 9.45. The Morgan fingerprint density at radius 1 is 0.973 bits per heavy atom. The first-order chi connectivity index (χ1) is 18.0. The summed E-state index contributed by atoms with van der Waals surface area (Å²) in [5.74, 6) is -0.712. The van der Waals surface area contributed by atoms with Gasteiger partial charge in [0.05, 0.1) is 22.4 Å². The van der Waals surface area contributed by atoms with Gasteiger partial charge in [-0.2, -0.15) is 0 Å². The van der Waals surface area contributed by atoms with E-state index in [2.05, 4.69) is 5.32 Å². The van der Waals surface area contributed by atoms with Crippen molar-refractivity contribution in [1.29, 1.82) is 0 Å². The Bertz CT molecular complexity index is 1590. The summed E-state index contributed by atoms with van der Waals surface area (Å²) in [6.45, 7) is 0. The minimum atomic E-state index is -0.506. The second kappa shape index (κ2) is 10.1. The van der Waals surface area contributed by atoms with Crippen molar-refractivity contribution in [2.24, 2.45) is 5.73 Å². The van der Waals surface area contributed by atoms with Crippen LogP contribution in [0.4, 0.5) is 5.00 Å². The van der Waals surface area contributed by atoms with E-state index in [0.717, 1.165) is 77.9 Å². The molecular formula is C27H26N4O3S3. The molecule has 7 nitrogen and oxygen atoms in total. The predicted molar refractivity (Wildman–Crippen MR) is 151 cm³/mol. The number of hydrogen-bond donors (Lipinski definition) is 2. The van der Waals surface area contributed by atoms with Crippen molar-refractivity contribution in [3.05, 3.63) is 67.1 Å². The van der Waals surface area contributed by atoms with Gasteiger partial charge in [-0.1, -0.05) is 30.0 Å². The normalized spacial score (nSPS) is 14.8. The highest BCUT2D eigenvalue weighted by Crippen LogP contribution is 2.38. The minimum Gasteiger partial charge on any atom is -0.365 e. The number of nitrogens with one attached hydrogen (secondary N) is 1. The zero-order valence-corrected chi connectivity index (χ0v) is 22.6. The molecule has 3 N–H and O–H groups in total. The molecule has 0 atom stereocenters. The molecule has 10 heteroatoms. The van der Waals surface area contributed by atoms with Crippen LogP contribution in [-0.2, 0) is 30.5 Å². The maximum absolute atomic E-state index is 13.8. The van der Waals surface area contributed by atoms with Crippen LogP contribution < -0.4 is 16.6 Å². The molecule has 0 unspecified atom stereocenters. The largest absolute Gasteiger partial charge is 0.365 e. The molecule has 3 aromatic heterocycles. The first-order valence-electron chi connectivity index (χ1n) is 12.5. The number of nitrogens with zero attached hydrogens (tertiary/aromatic N) is 2. The van der Waals surface area contributed by atoms with Gasteiger partial charge in [0, 0.05) is 9.75 Å². The van der Waals surface area contributed by atoms with E-state index in [1.807, 2.05) is 30.3 Å². The molecule has 3 heterocycles. The number of fused-ring (bicyclic) bond motifs is 4. The van der Waals surface area contributed by atoms with Crippen LogP contribution in [0.1, 0.15) is 56.9 Å². The molecule has 0 fully saturated rings. The van der Waals surface area contributed by atoms with Crippen molar-refractivity contribution >= 4 is 61.5 Å². The first kappa shape index (κ1) is 24.4. The number of thiophene rings is 2. The Morgan fingerprint density at radius 3 is 2.38 bits per heavy atom. The van der Waals surface area contributed by atoms with E-state index in [1.165, 1.54) is 28.0 Å². The molecule has 190 valence electrons. The third-order valence-corrected chi connectivity index (χ3v) is 10.3. The molecule has 0 saturated heterocycles. The molecule has 37 heavy (non-hydrogen) atoms. The number of carbonyl (C=O) groups excluding carboxylic acids is 2. The summed E-state index contributed by atoms with van der Waals surface area (Å²) in [5.41, 5.74) is 8.90. The van der Waals surface area contributed by atoms with E-state index in [4.69, 9.17) is 10.7 Å². The van der Waals surface area contributed by atoms with Crippen LogP contribution in [0.15, 0.2) is 40.3 Å². The quantitative estimate of drug-likeness (QED) is 0.257. The van der Waals surface area contributed by atoms with Gasteiger partial charge in [-0.3, -0.25) is 19.0 Å². The number of rotatable bonds is 6. The fourth-order valence-electron chi connectivity index (χ4n) is 5.30. The predicted octanol–water partition coefficient (Wildman–Crippen LogP) is 5.10. The van der Waals surface area contributed by atoms with E-state index >= 15 is 0 Å². The van der Waals surface area contributed by atoms with Gasteiger partial charge in [-0.15, -0.1) is 22.7 Å². The zero-order valence-electron chi connectivity index (χ0n) is 20.2. The smallest absolute Gasteiger partial charge is 0.267 e. The summed E-state index contributed by atoms with van der Waals surface area (Å²) in [7, 11) is 0. The monoisotopic (exact) mass is 550 g/mol. The van der Waals surface area contributed by atoms with Gasteiger partial charge in [0.2, 0.25) is 5.91 Å². The van der Waals surface area contributed by atoms with Crippen LogP contribution >= 0.6 is 34.4 Å². The maximum atomic E-state index is 13.8. The van der Waals surface area contributed by atoms with Gasteiger partial charge in [0.25, 0.3) is 11.5 Å². The van der Waals surface area contributed by atoms with Crippen molar-refractivity contribution in [2.45, 2.75) is 56.5 Å². The van der Waals surface area contributed by atoms with E-state index in [0.29, 0.717) is 21.1 Å². The fourth-order valence-corrected chi connectivity index (χ4v) is 8.72. The van der Waals surface area contributed by atoms with Crippen molar-refractivity contribution in [2.75, 3.05) is 11.1 Å². The topological polar surface area (TPSA) is 107 Å². The number of primary amides is 1. The summed E-state index contributed by atoms with van der Waals surface area (Å²) in [6.07, 6.45) is 7.92. The molecule has 4 aromatic rings. The number of aromatic nitrogens is 2. The molecule has 0 bridgehead atoms. The fraction of sp³-hybridized carbons (Fsp3) is 0.333. The maximum Gasteiger partial charge on any atom is 0.267 e. The number of hydrogen-bond acceptors (Lipinski definition) is 7. The summed E-state index contributed by atoms with van der Waals surface area (Å²) in [4.78, 5) is 47.1. The summed E-state index contributed by atoms with van der Waals surface area (Å²) < 4.78 is 1.63. The van der Waals surface area contributed by atoms with Gasteiger partial charge < -0.3 is 11.1 Å². The molecule has 0 aliphatic heterocycles. The molecule has 2 amide bonds. The van der Waals surface area contributed by atoms with Crippen molar-refractivity contribution < 1.29 is 9.59 Å². The number of amides is 2. The second-order valence-electron chi connectivity index (χ2n) is 9.38. The standard InChI is InChI=1S/C27H26N4O3S3/c28-23(33)21-16-10-4-6-12-18(16)36-24(21)29-20(32)14-35-27-30-25-22(17-11-5-7-13-19(17)37-25)26(34)31(27)15-8-2-1-3-9-15/h1-3,8-9H,4-7,10-14H2,(H2,28,33)(H,29,32). The Kier molecular flexibility index (Phi) is 6.64. The van der Waals surface area contributed by atoms with Gasteiger partial charge in [-0.25, -0.2) is 4.98 Å². The van der Waals surface area contributed by atoms with Crippen LogP contribution in [0.25, 0.3) is 15.9 Å². The number of benzene rings is 1. The highest BCUT2D eigenvalue weighted by Gasteiger charge is 2.26. The molecular weight excluding hydrogens is 525 g/mol. The average molecular weight is 551 g/mol. The second-order valence-corrected chi connectivity index (χ2v) is 12.5. The lowest BCUT2D eigenvalue weighted by Gasteiger charge is -2.13. The molecule has 0 spiro atoms. The molecule has 2 aliphatic carbocycles. The highest BCUT2D eigenvalue weighted by molar-refractivity contribution is 7.99. The summed E-state index contributed by atoms with van der Waals surface area (Å²) in [5, 5.41) is 4.64. The van der Waals surface area contributed by atoms with Crippen molar-refractivity contribution in [3.8, 4) is 5.69 Å². The number of aryl methyl sites for hydroxylation is 3. The van der Waals surface area contributed by atoms with Crippen LogP contribution in [-0.4, -0.2) is 27.1 Å². The first-order valence-corrected chi connectivity index (χ1v) is 15.1. The molecule has 6 rings (SSSR count). The average Bonchev–Trinajstić information content (AvgIpc) is 3.46. The Hall–Kier alpha value is -2.95. The van der Waals surface area contributed by atoms with Crippen molar-refractivity contribution in [1.82, 2.24) is 9.55 Å². The lowest BCUT2D eigenvalue weighted by molar-refractivity contribution is -0.113. The number of anilines is 1. The van der Waals surface area contributed by atoms with Crippen LogP contribution in [0, 0.1) is 0 Å².